The van der Waals surface area contributed by atoms with Gasteiger partial charge in [0.05, 0.1) is 12.3 Å². The molecule has 140 valence electrons. The summed E-state index contributed by atoms with van der Waals surface area (Å²) in [7, 11) is 3.91. The monoisotopic (exact) mass is 356 g/mol. The highest BCUT2D eigenvalue weighted by atomic mass is 16.5. The molecule has 26 heavy (non-hydrogen) atoms. The summed E-state index contributed by atoms with van der Waals surface area (Å²) in [5.74, 6) is 1.20. The molecule has 1 saturated heterocycles. The Balaban J connectivity index is 1.51. The molecule has 6 heteroatoms. The standard InChI is InChI=1S/C20H28N4O2/c1-23(2)19-21-14-16-8-13-26-20(17(16)22-19)9-11-24(12-10-20)18(25)15-6-4-3-5-7-15/h3-4,14-15H,5-13H2,1-2H3. The predicted molar refractivity (Wildman–Crippen MR) is 100.0 cm³/mol. The first-order chi connectivity index (χ1) is 12.6. The normalized spacial score (nSPS) is 24.4. The maximum absolute atomic E-state index is 12.8. The summed E-state index contributed by atoms with van der Waals surface area (Å²) in [6.45, 7) is 2.21. The Hall–Kier alpha value is -1.95. The fourth-order valence-corrected chi connectivity index (χ4v) is 4.36. The molecule has 1 unspecified atom stereocenters. The number of allylic oxidation sites excluding steroid dienone is 2. The van der Waals surface area contributed by atoms with E-state index in [9.17, 15) is 4.79 Å². The summed E-state index contributed by atoms with van der Waals surface area (Å²) >= 11 is 0. The molecule has 3 heterocycles. The number of anilines is 1. The molecule has 2 aliphatic heterocycles. The quantitative estimate of drug-likeness (QED) is 0.761. The van der Waals surface area contributed by atoms with Crippen molar-refractivity contribution in [3.8, 4) is 0 Å². The smallest absolute Gasteiger partial charge is 0.226 e. The van der Waals surface area contributed by atoms with E-state index in [0.29, 0.717) is 12.5 Å². The molecule has 1 aromatic rings. The molecule has 1 aromatic heterocycles. The Kier molecular flexibility index (Phi) is 4.69. The third-order valence-corrected chi connectivity index (χ3v) is 5.93. The number of piperidine rings is 1. The number of amides is 1. The molecule has 0 radical (unpaired) electrons. The van der Waals surface area contributed by atoms with Gasteiger partial charge in [-0.3, -0.25) is 4.79 Å². The van der Waals surface area contributed by atoms with E-state index in [-0.39, 0.29) is 11.5 Å². The van der Waals surface area contributed by atoms with E-state index in [0.717, 1.165) is 63.3 Å². The van der Waals surface area contributed by atoms with Crippen LogP contribution in [0.25, 0.3) is 0 Å². The van der Waals surface area contributed by atoms with Gasteiger partial charge in [-0.15, -0.1) is 0 Å². The number of rotatable bonds is 2. The molecule has 1 atom stereocenters. The molecule has 6 nitrogen and oxygen atoms in total. The Labute approximate surface area is 155 Å². The number of likely N-dealkylation sites (tertiary alicyclic amines) is 1. The minimum Gasteiger partial charge on any atom is -0.368 e. The highest BCUT2D eigenvalue weighted by Crippen LogP contribution is 2.41. The van der Waals surface area contributed by atoms with Gasteiger partial charge in [-0.25, -0.2) is 9.97 Å². The lowest BCUT2D eigenvalue weighted by Crippen LogP contribution is -2.50. The maximum Gasteiger partial charge on any atom is 0.226 e. The molecule has 1 aliphatic carbocycles. The van der Waals surface area contributed by atoms with Crippen LogP contribution in [-0.4, -0.2) is 54.6 Å². The Morgan fingerprint density at radius 1 is 1.31 bits per heavy atom. The number of carbonyl (C=O) groups is 1. The molecule has 0 aromatic carbocycles. The fraction of sp³-hybridized carbons (Fsp3) is 0.650. The van der Waals surface area contributed by atoms with Gasteiger partial charge in [0.2, 0.25) is 11.9 Å². The lowest BCUT2D eigenvalue weighted by molar-refractivity contribution is -0.145. The minimum atomic E-state index is -0.357. The van der Waals surface area contributed by atoms with Gasteiger partial charge in [0.15, 0.2) is 0 Å². The summed E-state index contributed by atoms with van der Waals surface area (Å²) < 4.78 is 6.28. The Bertz CT molecular complexity index is 708. The summed E-state index contributed by atoms with van der Waals surface area (Å²) in [4.78, 5) is 26.1. The molecule has 0 N–H and O–H groups in total. The molecule has 3 aliphatic rings. The van der Waals surface area contributed by atoms with Crippen molar-refractivity contribution in [1.82, 2.24) is 14.9 Å². The zero-order valence-corrected chi connectivity index (χ0v) is 15.8. The first-order valence-electron chi connectivity index (χ1n) is 9.70. The van der Waals surface area contributed by atoms with E-state index in [4.69, 9.17) is 9.72 Å². The number of hydrogen-bond acceptors (Lipinski definition) is 5. The summed E-state index contributed by atoms with van der Waals surface area (Å²) in [5.41, 5.74) is 1.87. The maximum atomic E-state index is 12.8. The van der Waals surface area contributed by atoms with Gasteiger partial charge in [0.1, 0.15) is 5.60 Å². The van der Waals surface area contributed by atoms with E-state index in [1.54, 1.807) is 0 Å². The number of ether oxygens (including phenoxy) is 1. The van der Waals surface area contributed by atoms with Crippen molar-refractivity contribution in [3.05, 3.63) is 29.6 Å². The van der Waals surface area contributed by atoms with Crippen LogP contribution in [0.2, 0.25) is 0 Å². The van der Waals surface area contributed by atoms with Crippen molar-refractivity contribution in [2.45, 2.75) is 44.1 Å². The minimum absolute atomic E-state index is 0.163. The highest BCUT2D eigenvalue weighted by Gasteiger charge is 2.44. The molecule has 1 amide bonds. The third-order valence-electron chi connectivity index (χ3n) is 5.93. The van der Waals surface area contributed by atoms with E-state index in [1.807, 2.05) is 30.1 Å². The zero-order valence-electron chi connectivity index (χ0n) is 15.8. The van der Waals surface area contributed by atoms with Crippen LogP contribution in [-0.2, 0) is 21.6 Å². The SMILES string of the molecule is CN(C)c1ncc2c(n1)C1(CCN(C(=O)C3CC=CCC3)CC1)OCC2. The van der Waals surface area contributed by atoms with Crippen molar-refractivity contribution in [1.29, 1.82) is 0 Å². The number of aromatic nitrogens is 2. The molecular weight excluding hydrogens is 328 g/mol. The van der Waals surface area contributed by atoms with Crippen molar-refractivity contribution in [2.24, 2.45) is 5.92 Å². The average Bonchev–Trinajstić information content (AvgIpc) is 2.69. The Morgan fingerprint density at radius 3 is 2.81 bits per heavy atom. The lowest BCUT2D eigenvalue weighted by atomic mass is 9.82. The molecular formula is C20H28N4O2. The molecule has 0 saturated carbocycles. The number of fused-ring (bicyclic) bond motifs is 2. The highest BCUT2D eigenvalue weighted by molar-refractivity contribution is 5.79. The number of hydrogen-bond donors (Lipinski definition) is 0. The Morgan fingerprint density at radius 2 is 2.12 bits per heavy atom. The van der Waals surface area contributed by atoms with Gasteiger partial charge < -0.3 is 14.5 Å². The van der Waals surface area contributed by atoms with E-state index >= 15 is 0 Å². The van der Waals surface area contributed by atoms with Crippen molar-refractivity contribution in [2.75, 3.05) is 38.7 Å². The van der Waals surface area contributed by atoms with Crippen LogP contribution in [0.15, 0.2) is 18.3 Å². The predicted octanol–water partition coefficient (Wildman–Crippen LogP) is 2.29. The topological polar surface area (TPSA) is 58.6 Å². The van der Waals surface area contributed by atoms with E-state index in [2.05, 4.69) is 17.1 Å². The second-order valence-corrected chi connectivity index (χ2v) is 7.84. The fourth-order valence-electron chi connectivity index (χ4n) is 4.36. The van der Waals surface area contributed by atoms with Crippen LogP contribution in [0.1, 0.15) is 43.4 Å². The first-order valence-corrected chi connectivity index (χ1v) is 9.70. The number of carbonyl (C=O) groups excluding carboxylic acids is 1. The van der Waals surface area contributed by atoms with E-state index < -0.39 is 0 Å². The largest absolute Gasteiger partial charge is 0.368 e. The van der Waals surface area contributed by atoms with Crippen molar-refractivity contribution in [3.63, 3.8) is 0 Å². The average molecular weight is 356 g/mol. The summed E-state index contributed by atoms with van der Waals surface area (Å²) in [5, 5.41) is 0. The van der Waals surface area contributed by atoms with Crippen LogP contribution in [0.5, 0.6) is 0 Å². The van der Waals surface area contributed by atoms with Crippen molar-refractivity contribution < 1.29 is 9.53 Å². The van der Waals surface area contributed by atoms with Gasteiger partial charge in [0, 0.05) is 39.3 Å². The van der Waals surface area contributed by atoms with Gasteiger partial charge in [0.25, 0.3) is 0 Å². The van der Waals surface area contributed by atoms with Crippen LogP contribution in [0, 0.1) is 5.92 Å². The van der Waals surface area contributed by atoms with Gasteiger partial charge in [-0.1, -0.05) is 12.2 Å². The second kappa shape index (κ2) is 6.99. The lowest BCUT2D eigenvalue weighted by Gasteiger charge is -2.44. The van der Waals surface area contributed by atoms with E-state index in [1.165, 1.54) is 5.56 Å². The van der Waals surface area contributed by atoms with Crippen LogP contribution < -0.4 is 4.90 Å². The summed E-state index contributed by atoms with van der Waals surface area (Å²) in [6.07, 6.45) is 11.7. The van der Waals surface area contributed by atoms with Crippen LogP contribution >= 0.6 is 0 Å². The van der Waals surface area contributed by atoms with Crippen LogP contribution in [0.4, 0.5) is 5.95 Å². The second-order valence-electron chi connectivity index (χ2n) is 7.84. The first kappa shape index (κ1) is 17.5. The summed E-state index contributed by atoms with van der Waals surface area (Å²) in [6, 6.07) is 0. The number of nitrogens with zero attached hydrogens (tertiary/aromatic N) is 4. The van der Waals surface area contributed by atoms with Gasteiger partial charge >= 0.3 is 0 Å². The van der Waals surface area contributed by atoms with Crippen molar-refractivity contribution >= 4 is 11.9 Å². The third kappa shape index (κ3) is 3.11. The molecule has 0 bridgehead atoms. The molecule has 1 spiro atoms. The molecule has 1 fully saturated rings. The van der Waals surface area contributed by atoms with Crippen LogP contribution in [0.3, 0.4) is 0 Å². The van der Waals surface area contributed by atoms with Gasteiger partial charge in [-0.05, 0) is 44.1 Å². The molecule has 4 rings (SSSR count). The van der Waals surface area contributed by atoms with Gasteiger partial charge in [-0.2, -0.15) is 0 Å². The zero-order chi connectivity index (χ0) is 18.1.